The summed E-state index contributed by atoms with van der Waals surface area (Å²) in [6.45, 7) is 2.17. The lowest BCUT2D eigenvalue weighted by Gasteiger charge is -2.30. The number of hydrogen-bond donors (Lipinski definition) is 0. The van der Waals surface area contributed by atoms with E-state index in [1.807, 2.05) is 48.5 Å². The molecule has 0 radical (unpaired) electrons. The highest BCUT2D eigenvalue weighted by molar-refractivity contribution is 6.09. The average Bonchev–Trinajstić information content (AvgIpc) is 2.84. The molecule has 0 aliphatic carbocycles. The van der Waals surface area contributed by atoms with Gasteiger partial charge in [0.05, 0.1) is 13.2 Å². The van der Waals surface area contributed by atoms with E-state index in [1.165, 1.54) is 0 Å². The largest absolute Gasteiger partial charge is 0.476 e. The van der Waals surface area contributed by atoms with Gasteiger partial charge in [-0.05, 0) is 24.3 Å². The van der Waals surface area contributed by atoms with E-state index in [-0.39, 0.29) is 11.7 Å². The minimum Gasteiger partial charge on any atom is -0.476 e. The standard InChI is InChI=1S/C25H23NO4/c27-23(19-7-3-1-4-8-19)20-11-13-22(14-12-20)30-24(21-9-5-2-6-10-21)25(28)26-15-17-29-18-16-26/h1-14,24H,15-18H2/t24-/m0/s1. The van der Waals surface area contributed by atoms with Gasteiger partial charge in [0.1, 0.15) is 5.75 Å². The fourth-order valence-corrected chi connectivity index (χ4v) is 3.42. The second-order valence-corrected chi connectivity index (χ2v) is 7.07. The van der Waals surface area contributed by atoms with Gasteiger partial charge in [-0.2, -0.15) is 0 Å². The third-order valence-electron chi connectivity index (χ3n) is 5.06. The molecule has 1 saturated heterocycles. The molecule has 1 fully saturated rings. The fourth-order valence-electron chi connectivity index (χ4n) is 3.42. The van der Waals surface area contributed by atoms with E-state index in [1.54, 1.807) is 41.3 Å². The Labute approximate surface area is 175 Å². The summed E-state index contributed by atoms with van der Waals surface area (Å²) in [4.78, 5) is 27.5. The van der Waals surface area contributed by atoms with Gasteiger partial charge in [0.15, 0.2) is 5.78 Å². The number of ether oxygens (including phenoxy) is 2. The molecular formula is C25H23NO4. The zero-order chi connectivity index (χ0) is 20.8. The highest BCUT2D eigenvalue weighted by Gasteiger charge is 2.29. The van der Waals surface area contributed by atoms with Crippen LogP contribution in [0.25, 0.3) is 0 Å². The lowest BCUT2D eigenvalue weighted by Crippen LogP contribution is -2.44. The van der Waals surface area contributed by atoms with Crippen molar-refractivity contribution in [2.75, 3.05) is 26.3 Å². The van der Waals surface area contributed by atoms with Crippen molar-refractivity contribution < 1.29 is 19.1 Å². The fraction of sp³-hybridized carbons (Fsp3) is 0.200. The van der Waals surface area contributed by atoms with Crippen LogP contribution in [0.2, 0.25) is 0 Å². The summed E-state index contributed by atoms with van der Waals surface area (Å²) in [5.74, 6) is 0.398. The molecule has 5 heteroatoms. The third kappa shape index (κ3) is 4.58. The van der Waals surface area contributed by atoms with Gasteiger partial charge in [-0.3, -0.25) is 9.59 Å². The molecule has 0 bridgehead atoms. The van der Waals surface area contributed by atoms with Gasteiger partial charge in [0.25, 0.3) is 5.91 Å². The summed E-state index contributed by atoms with van der Waals surface area (Å²) >= 11 is 0. The molecular weight excluding hydrogens is 378 g/mol. The maximum absolute atomic E-state index is 13.2. The Hall–Kier alpha value is -3.44. The topological polar surface area (TPSA) is 55.8 Å². The Bertz CT molecular complexity index is 981. The first-order chi connectivity index (χ1) is 14.7. The molecule has 5 nitrogen and oxygen atoms in total. The molecule has 1 heterocycles. The summed E-state index contributed by atoms with van der Waals surface area (Å²) in [6.07, 6.45) is -0.750. The van der Waals surface area contributed by atoms with Crippen molar-refractivity contribution in [3.05, 3.63) is 102 Å². The Morgan fingerprint density at radius 1 is 0.767 bits per heavy atom. The van der Waals surface area contributed by atoms with Crippen LogP contribution >= 0.6 is 0 Å². The van der Waals surface area contributed by atoms with E-state index < -0.39 is 6.10 Å². The van der Waals surface area contributed by atoms with Gasteiger partial charge in [-0.1, -0.05) is 60.7 Å². The SMILES string of the molecule is O=C(c1ccccc1)c1ccc(O[C@H](C(=O)N2CCOCC2)c2ccccc2)cc1. The Morgan fingerprint density at radius 2 is 1.33 bits per heavy atom. The van der Waals surface area contributed by atoms with Crippen LogP contribution in [-0.4, -0.2) is 42.9 Å². The molecule has 4 rings (SSSR count). The molecule has 0 saturated carbocycles. The summed E-state index contributed by atoms with van der Waals surface area (Å²) in [7, 11) is 0. The van der Waals surface area contributed by atoms with Crippen LogP contribution in [0.15, 0.2) is 84.9 Å². The van der Waals surface area contributed by atoms with Gasteiger partial charge in [0.2, 0.25) is 6.10 Å². The number of benzene rings is 3. The maximum Gasteiger partial charge on any atom is 0.268 e. The van der Waals surface area contributed by atoms with E-state index >= 15 is 0 Å². The molecule has 0 N–H and O–H groups in total. The minimum atomic E-state index is -0.750. The van der Waals surface area contributed by atoms with Gasteiger partial charge in [-0.25, -0.2) is 0 Å². The molecule has 1 aliphatic heterocycles. The molecule has 1 aliphatic rings. The van der Waals surface area contributed by atoms with Crippen molar-refractivity contribution in [1.82, 2.24) is 4.90 Å². The van der Waals surface area contributed by atoms with Gasteiger partial charge in [0, 0.05) is 29.8 Å². The predicted octanol–water partition coefficient (Wildman–Crippen LogP) is 3.90. The van der Waals surface area contributed by atoms with Crippen molar-refractivity contribution >= 4 is 11.7 Å². The first-order valence-electron chi connectivity index (χ1n) is 10.0. The first-order valence-corrected chi connectivity index (χ1v) is 10.0. The van der Waals surface area contributed by atoms with Crippen LogP contribution in [0.3, 0.4) is 0 Å². The number of rotatable bonds is 6. The third-order valence-corrected chi connectivity index (χ3v) is 5.06. The number of nitrogens with zero attached hydrogens (tertiary/aromatic N) is 1. The number of hydrogen-bond acceptors (Lipinski definition) is 4. The van der Waals surface area contributed by atoms with E-state index in [2.05, 4.69) is 0 Å². The van der Waals surface area contributed by atoms with E-state index in [0.29, 0.717) is 43.2 Å². The van der Waals surface area contributed by atoms with E-state index in [4.69, 9.17) is 9.47 Å². The molecule has 1 amide bonds. The lowest BCUT2D eigenvalue weighted by atomic mass is 10.0. The summed E-state index contributed by atoms with van der Waals surface area (Å²) < 4.78 is 11.5. The number of carbonyl (C=O) groups excluding carboxylic acids is 2. The number of carbonyl (C=O) groups is 2. The lowest BCUT2D eigenvalue weighted by molar-refractivity contribution is -0.143. The predicted molar refractivity (Wildman–Crippen MR) is 114 cm³/mol. The first kappa shape index (κ1) is 19.9. The van der Waals surface area contributed by atoms with E-state index in [9.17, 15) is 9.59 Å². The maximum atomic E-state index is 13.2. The molecule has 3 aromatic carbocycles. The van der Waals surface area contributed by atoms with Gasteiger partial charge < -0.3 is 14.4 Å². The van der Waals surface area contributed by atoms with Gasteiger partial charge >= 0.3 is 0 Å². The normalized spacial score (nSPS) is 14.7. The van der Waals surface area contributed by atoms with Crippen molar-refractivity contribution in [3.63, 3.8) is 0 Å². The zero-order valence-corrected chi connectivity index (χ0v) is 16.6. The Balaban J connectivity index is 1.54. The number of amides is 1. The molecule has 0 unspecified atom stereocenters. The van der Waals surface area contributed by atoms with Crippen LogP contribution < -0.4 is 4.74 Å². The molecule has 1 atom stereocenters. The molecule has 0 aromatic heterocycles. The quantitative estimate of drug-likeness (QED) is 0.588. The van der Waals surface area contributed by atoms with Crippen molar-refractivity contribution in [1.29, 1.82) is 0 Å². The van der Waals surface area contributed by atoms with Crippen LogP contribution in [-0.2, 0) is 9.53 Å². The molecule has 0 spiro atoms. The van der Waals surface area contributed by atoms with E-state index in [0.717, 1.165) is 5.56 Å². The van der Waals surface area contributed by atoms with Crippen molar-refractivity contribution in [2.24, 2.45) is 0 Å². The van der Waals surface area contributed by atoms with Crippen molar-refractivity contribution in [3.8, 4) is 5.75 Å². The average molecular weight is 401 g/mol. The summed E-state index contributed by atoms with van der Waals surface area (Å²) in [5.41, 5.74) is 2.00. The molecule has 3 aromatic rings. The van der Waals surface area contributed by atoms with Gasteiger partial charge in [-0.15, -0.1) is 0 Å². The molecule has 30 heavy (non-hydrogen) atoms. The van der Waals surface area contributed by atoms with Crippen LogP contribution in [0, 0.1) is 0 Å². The van der Waals surface area contributed by atoms with Crippen LogP contribution in [0.5, 0.6) is 5.75 Å². The summed E-state index contributed by atoms with van der Waals surface area (Å²) in [6, 6.07) is 25.5. The zero-order valence-electron chi connectivity index (χ0n) is 16.6. The number of morpholine rings is 1. The monoisotopic (exact) mass is 401 g/mol. The van der Waals surface area contributed by atoms with Crippen molar-refractivity contribution in [2.45, 2.75) is 6.10 Å². The second kappa shape index (κ2) is 9.37. The minimum absolute atomic E-state index is 0.0499. The smallest absolute Gasteiger partial charge is 0.268 e. The second-order valence-electron chi connectivity index (χ2n) is 7.07. The Kier molecular flexibility index (Phi) is 6.20. The number of ketones is 1. The molecule has 152 valence electrons. The van der Waals surface area contributed by atoms with Crippen LogP contribution in [0.1, 0.15) is 27.6 Å². The summed E-state index contributed by atoms with van der Waals surface area (Å²) in [5, 5.41) is 0. The Morgan fingerprint density at radius 3 is 1.97 bits per heavy atom. The highest BCUT2D eigenvalue weighted by atomic mass is 16.5. The van der Waals surface area contributed by atoms with Crippen LogP contribution in [0.4, 0.5) is 0 Å². The highest BCUT2D eigenvalue weighted by Crippen LogP contribution is 2.25.